The average molecular weight is 260 g/mol. The van der Waals surface area contributed by atoms with Crippen LogP contribution < -0.4 is 5.32 Å². The van der Waals surface area contributed by atoms with Crippen molar-refractivity contribution in [3.05, 3.63) is 21.3 Å². The minimum absolute atomic E-state index is 0.349. The van der Waals surface area contributed by atoms with Gasteiger partial charge >= 0.3 is 0 Å². The van der Waals surface area contributed by atoms with E-state index in [4.69, 9.17) is 16.3 Å². The van der Waals surface area contributed by atoms with Crippen molar-refractivity contribution in [3.63, 3.8) is 0 Å². The van der Waals surface area contributed by atoms with Crippen LogP contribution in [0.2, 0.25) is 5.02 Å². The first-order valence-corrected chi connectivity index (χ1v) is 7.06. The van der Waals surface area contributed by atoms with Gasteiger partial charge in [-0.05, 0) is 31.3 Å². The predicted octanol–water partition coefficient (Wildman–Crippen LogP) is 3.48. The zero-order valence-corrected chi connectivity index (χ0v) is 11.3. The lowest BCUT2D eigenvalue weighted by Crippen LogP contribution is -2.28. The number of halogens is 1. The molecule has 1 fully saturated rings. The number of hydrogen-bond acceptors (Lipinski definition) is 3. The van der Waals surface area contributed by atoms with Gasteiger partial charge in [0.05, 0.1) is 17.7 Å². The van der Waals surface area contributed by atoms with E-state index in [1.165, 1.54) is 4.88 Å². The molecule has 16 heavy (non-hydrogen) atoms. The van der Waals surface area contributed by atoms with Gasteiger partial charge in [0.15, 0.2) is 0 Å². The van der Waals surface area contributed by atoms with Crippen LogP contribution in [0.1, 0.15) is 31.2 Å². The lowest BCUT2D eigenvalue weighted by Gasteiger charge is -2.22. The van der Waals surface area contributed by atoms with E-state index in [0.29, 0.717) is 18.1 Å². The average Bonchev–Trinajstić information content (AvgIpc) is 2.84. The highest BCUT2D eigenvalue weighted by Gasteiger charge is 2.31. The molecule has 1 aromatic heterocycles. The van der Waals surface area contributed by atoms with Gasteiger partial charge in [0.1, 0.15) is 0 Å². The van der Waals surface area contributed by atoms with Crippen LogP contribution in [0.15, 0.2) is 11.4 Å². The monoisotopic (exact) mass is 259 g/mol. The quantitative estimate of drug-likeness (QED) is 0.894. The van der Waals surface area contributed by atoms with Crippen LogP contribution in [-0.2, 0) is 4.74 Å². The van der Waals surface area contributed by atoms with Crippen molar-refractivity contribution in [2.24, 2.45) is 5.92 Å². The molecule has 90 valence electrons. The van der Waals surface area contributed by atoms with Crippen molar-refractivity contribution in [3.8, 4) is 0 Å². The summed E-state index contributed by atoms with van der Waals surface area (Å²) in [6.45, 7) is 6.07. The van der Waals surface area contributed by atoms with Gasteiger partial charge < -0.3 is 10.1 Å². The highest BCUT2D eigenvalue weighted by Crippen LogP contribution is 2.37. The molecule has 2 nitrogen and oxygen atoms in total. The van der Waals surface area contributed by atoms with Gasteiger partial charge in [-0.3, -0.25) is 0 Å². The van der Waals surface area contributed by atoms with E-state index in [2.05, 4.69) is 24.5 Å². The minimum atomic E-state index is 0.349. The highest BCUT2D eigenvalue weighted by atomic mass is 35.5. The second-order valence-electron chi connectivity index (χ2n) is 4.31. The third kappa shape index (κ3) is 2.59. The molecule has 0 bridgehead atoms. The molecular formula is C12H18ClNOS. The lowest BCUT2D eigenvalue weighted by atomic mass is 9.95. The zero-order chi connectivity index (χ0) is 11.5. The number of ether oxygens (including phenoxy) is 1. The number of thiophene rings is 1. The molecule has 1 saturated heterocycles. The Morgan fingerprint density at radius 1 is 1.69 bits per heavy atom. The Morgan fingerprint density at radius 2 is 2.50 bits per heavy atom. The number of nitrogens with one attached hydrogen (secondary N) is 1. The third-order valence-electron chi connectivity index (χ3n) is 3.05. The maximum absolute atomic E-state index is 6.21. The molecule has 3 unspecified atom stereocenters. The highest BCUT2D eigenvalue weighted by molar-refractivity contribution is 7.10. The second-order valence-corrected chi connectivity index (χ2v) is 5.66. The van der Waals surface area contributed by atoms with Crippen LogP contribution in [0.3, 0.4) is 0 Å². The molecule has 1 aliphatic rings. The summed E-state index contributed by atoms with van der Waals surface area (Å²) in [6.07, 6.45) is 1.50. The fourth-order valence-corrected chi connectivity index (χ4v) is 3.65. The molecule has 0 saturated carbocycles. The van der Waals surface area contributed by atoms with Crippen molar-refractivity contribution < 1.29 is 4.74 Å². The van der Waals surface area contributed by atoms with Crippen molar-refractivity contribution in [1.29, 1.82) is 0 Å². The molecule has 2 heterocycles. The van der Waals surface area contributed by atoms with Gasteiger partial charge in [0, 0.05) is 16.8 Å². The van der Waals surface area contributed by atoms with Crippen LogP contribution >= 0.6 is 22.9 Å². The predicted molar refractivity (Wildman–Crippen MR) is 69.3 cm³/mol. The Hall–Kier alpha value is -0.0900. The van der Waals surface area contributed by atoms with Crippen molar-refractivity contribution in [2.45, 2.75) is 32.4 Å². The molecule has 4 heteroatoms. The molecule has 0 spiro atoms. The lowest BCUT2D eigenvalue weighted by molar-refractivity contribution is 0.117. The summed E-state index contributed by atoms with van der Waals surface area (Å²) in [5.74, 6) is 0.547. The summed E-state index contributed by atoms with van der Waals surface area (Å²) < 4.78 is 5.65. The molecule has 0 amide bonds. The largest absolute Gasteiger partial charge is 0.378 e. The molecule has 1 aliphatic heterocycles. The standard InChI is InChI=1S/C12H18ClNOS/c1-3-14-11(9-6-8(2)15-7-9)12-10(13)4-5-16-12/h4-5,8-9,11,14H,3,6-7H2,1-2H3. The van der Waals surface area contributed by atoms with E-state index in [1.54, 1.807) is 11.3 Å². The topological polar surface area (TPSA) is 21.3 Å². The smallest absolute Gasteiger partial charge is 0.0561 e. The van der Waals surface area contributed by atoms with E-state index >= 15 is 0 Å². The fraction of sp³-hybridized carbons (Fsp3) is 0.667. The summed E-state index contributed by atoms with van der Waals surface area (Å²) in [7, 11) is 0. The summed E-state index contributed by atoms with van der Waals surface area (Å²) in [6, 6.07) is 2.33. The molecule has 0 radical (unpaired) electrons. The summed E-state index contributed by atoms with van der Waals surface area (Å²) in [5, 5.41) is 6.48. The summed E-state index contributed by atoms with van der Waals surface area (Å²) in [5.41, 5.74) is 0. The zero-order valence-electron chi connectivity index (χ0n) is 9.70. The van der Waals surface area contributed by atoms with Crippen molar-refractivity contribution in [2.75, 3.05) is 13.2 Å². The first-order valence-electron chi connectivity index (χ1n) is 5.80. The van der Waals surface area contributed by atoms with E-state index in [9.17, 15) is 0 Å². The number of rotatable bonds is 4. The molecule has 2 rings (SSSR count). The fourth-order valence-electron chi connectivity index (χ4n) is 2.30. The molecule has 3 atom stereocenters. The van der Waals surface area contributed by atoms with Gasteiger partial charge in [0.2, 0.25) is 0 Å². The molecule has 0 aliphatic carbocycles. The van der Waals surface area contributed by atoms with Gasteiger partial charge in [-0.1, -0.05) is 18.5 Å². The maximum atomic E-state index is 6.21. The normalized spacial score (nSPS) is 27.2. The Morgan fingerprint density at radius 3 is 3.00 bits per heavy atom. The van der Waals surface area contributed by atoms with Crippen LogP contribution in [0.5, 0.6) is 0 Å². The van der Waals surface area contributed by atoms with E-state index in [-0.39, 0.29) is 0 Å². The van der Waals surface area contributed by atoms with Crippen molar-refractivity contribution in [1.82, 2.24) is 5.32 Å². The van der Waals surface area contributed by atoms with Crippen LogP contribution in [-0.4, -0.2) is 19.3 Å². The summed E-state index contributed by atoms with van der Waals surface area (Å²) >= 11 is 7.95. The van der Waals surface area contributed by atoms with E-state index < -0.39 is 0 Å². The van der Waals surface area contributed by atoms with Crippen LogP contribution in [0.25, 0.3) is 0 Å². The molecule has 1 N–H and O–H groups in total. The van der Waals surface area contributed by atoms with Gasteiger partial charge in [-0.2, -0.15) is 0 Å². The van der Waals surface area contributed by atoms with E-state index in [0.717, 1.165) is 24.6 Å². The molecular weight excluding hydrogens is 242 g/mol. The Kier molecular flexibility index (Phi) is 4.25. The van der Waals surface area contributed by atoms with Gasteiger partial charge in [-0.15, -0.1) is 11.3 Å². The van der Waals surface area contributed by atoms with Crippen LogP contribution in [0, 0.1) is 5.92 Å². The van der Waals surface area contributed by atoms with Crippen molar-refractivity contribution >= 4 is 22.9 Å². The minimum Gasteiger partial charge on any atom is -0.378 e. The van der Waals surface area contributed by atoms with Gasteiger partial charge in [-0.25, -0.2) is 0 Å². The summed E-state index contributed by atoms with van der Waals surface area (Å²) in [4.78, 5) is 1.26. The van der Waals surface area contributed by atoms with Gasteiger partial charge in [0.25, 0.3) is 0 Å². The van der Waals surface area contributed by atoms with Crippen LogP contribution in [0.4, 0.5) is 0 Å². The first-order chi connectivity index (χ1) is 7.72. The third-order valence-corrected chi connectivity index (χ3v) is 4.49. The van der Waals surface area contributed by atoms with E-state index in [1.807, 2.05) is 6.07 Å². The number of hydrogen-bond donors (Lipinski definition) is 1. The molecule has 1 aromatic rings. The Balaban J connectivity index is 2.14. The first kappa shape index (κ1) is 12.4. The Bertz CT molecular complexity index is 342. The molecule has 0 aromatic carbocycles. The Labute approximate surface area is 106 Å². The maximum Gasteiger partial charge on any atom is 0.0561 e. The SMILES string of the molecule is CCNC(c1sccc1Cl)C1COC(C)C1. The second kappa shape index (κ2) is 5.50.